The average molecular weight is 256 g/mol. The molecule has 1 heterocycles. The molecule has 3 nitrogen and oxygen atoms in total. The summed E-state index contributed by atoms with van der Waals surface area (Å²) in [5.41, 5.74) is 0. The molecular weight excluding hydrogens is 224 g/mol. The normalized spacial score (nSPS) is 19.3. The predicted molar refractivity (Wildman–Crippen MR) is 78.0 cm³/mol. The summed E-state index contributed by atoms with van der Waals surface area (Å²) in [4.78, 5) is 2.50. The molecule has 0 aromatic carbocycles. The molecular formula is C15H32N2O. The summed E-state index contributed by atoms with van der Waals surface area (Å²) >= 11 is 0. The molecule has 1 aliphatic heterocycles. The monoisotopic (exact) mass is 256 g/mol. The van der Waals surface area contributed by atoms with Crippen molar-refractivity contribution in [3.8, 4) is 0 Å². The van der Waals surface area contributed by atoms with Crippen LogP contribution in [0.25, 0.3) is 0 Å². The molecule has 3 heteroatoms. The van der Waals surface area contributed by atoms with Crippen LogP contribution in [0.1, 0.15) is 46.0 Å². The van der Waals surface area contributed by atoms with Crippen LogP contribution in [0.4, 0.5) is 0 Å². The summed E-state index contributed by atoms with van der Waals surface area (Å²) in [5.74, 6) is 0.839. The third kappa shape index (κ3) is 6.72. The first kappa shape index (κ1) is 15.9. The lowest BCUT2D eigenvalue weighted by Gasteiger charge is -2.31. The standard InChI is InChI=1S/C15H32N2O/c1-4-5-6-9-16-12-14(2)17(3)13-15-7-10-18-11-8-15/h14-16H,4-13H2,1-3H3. The van der Waals surface area contributed by atoms with Crippen molar-refractivity contribution in [2.24, 2.45) is 5.92 Å². The second-order valence-electron chi connectivity index (χ2n) is 5.76. The Labute approximate surface area is 113 Å². The van der Waals surface area contributed by atoms with E-state index in [9.17, 15) is 0 Å². The zero-order valence-corrected chi connectivity index (χ0v) is 12.6. The molecule has 0 spiro atoms. The Morgan fingerprint density at radius 3 is 2.67 bits per heavy atom. The predicted octanol–water partition coefficient (Wildman–Crippen LogP) is 2.51. The lowest BCUT2D eigenvalue weighted by molar-refractivity contribution is 0.0513. The Balaban J connectivity index is 2.06. The van der Waals surface area contributed by atoms with Gasteiger partial charge in [-0.25, -0.2) is 0 Å². The molecule has 18 heavy (non-hydrogen) atoms. The minimum absolute atomic E-state index is 0.634. The number of nitrogens with one attached hydrogen (secondary N) is 1. The molecule has 0 aromatic heterocycles. The van der Waals surface area contributed by atoms with E-state index in [1.54, 1.807) is 0 Å². The first-order valence-electron chi connectivity index (χ1n) is 7.72. The van der Waals surface area contributed by atoms with E-state index >= 15 is 0 Å². The van der Waals surface area contributed by atoms with Crippen LogP contribution in [-0.4, -0.2) is 50.8 Å². The van der Waals surface area contributed by atoms with Crippen LogP contribution >= 0.6 is 0 Å². The van der Waals surface area contributed by atoms with Gasteiger partial charge in [-0.1, -0.05) is 19.8 Å². The van der Waals surface area contributed by atoms with Gasteiger partial charge in [0.15, 0.2) is 0 Å². The van der Waals surface area contributed by atoms with Gasteiger partial charge in [-0.05, 0) is 45.7 Å². The fraction of sp³-hybridized carbons (Fsp3) is 1.00. The van der Waals surface area contributed by atoms with Gasteiger partial charge >= 0.3 is 0 Å². The van der Waals surface area contributed by atoms with Crippen LogP contribution in [0.15, 0.2) is 0 Å². The zero-order chi connectivity index (χ0) is 13.2. The molecule has 1 saturated heterocycles. The quantitative estimate of drug-likeness (QED) is 0.642. The maximum atomic E-state index is 5.41. The Morgan fingerprint density at radius 1 is 1.28 bits per heavy atom. The Hall–Kier alpha value is -0.120. The summed E-state index contributed by atoms with van der Waals surface area (Å²) in [6.07, 6.45) is 6.44. The van der Waals surface area contributed by atoms with Crippen LogP contribution in [0.2, 0.25) is 0 Å². The van der Waals surface area contributed by atoms with Crippen molar-refractivity contribution in [3.05, 3.63) is 0 Å². The first-order valence-corrected chi connectivity index (χ1v) is 7.72. The third-order valence-corrected chi connectivity index (χ3v) is 4.04. The van der Waals surface area contributed by atoms with Gasteiger partial charge in [0.2, 0.25) is 0 Å². The smallest absolute Gasteiger partial charge is 0.0469 e. The second kappa shape index (κ2) is 9.76. The summed E-state index contributed by atoms with van der Waals surface area (Å²) in [7, 11) is 2.26. The molecule has 108 valence electrons. The fourth-order valence-corrected chi connectivity index (χ4v) is 2.48. The van der Waals surface area contributed by atoms with Gasteiger partial charge in [-0.15, -0.1) is 0 Å². The highest BCUT2D eigenvalue weighted by atomic mass is 16.5. The van der Waals surface area contributed by atoms with Gasteiger partial charge < -0.3 is 15.0 Å². The van der Waals surface area contributed by atoms with Crippen molar-refractivity contribution >= 4 is 0 Å². The van der Waals surface area contributed by atoms with Gasteiger partial charge in [-0.2, -0.15) is 0 Å². The minimum Gasteiger partial charge on any atom is -0.381 e. The van der Waals surface area contributed by atoms with E-state index in [1.807, 2.05) is 0 Å². The molecule has 0 aromatic rings. The van der Waals surface area contributed by atoms with E-state index in [1.165, 1.54) is 45.2 Å². The maximum absolute atomic E-state index is 5.41. The highest BCUT2D eigenvalue weighted by Gasteiger charge is 2.18. The van der Waals surface area contributed by atoms with E-state index in [0.717, 1.165) is 25.7 Å². The number of unbranched alkanes of at least 4 members (excludes halogenated alkanes) is 2. The van der Waals surface area contributed by atoms with Crippen molar-refractivity contribution in [2.75, 3.05) is 39.9 Å². The van der Waals surface area contributed by atoms with Crippen LogP contribution in [0.5, 0.6) is 0 Å². The van der Waals surface area contributed by atoms with Crippen molar-refractivity contribution in [1.29, 1.82) is 0 Å². The van der Waals surface area contributed by atoms with Gasteiger partial charge in [0, 0.05) is 32.3 Å². The van der Waals surface area contributed by atoms with E-state index in [-0.39, 0.29) is 0 Å². The lowest BCUT2D eigenvalue weighted by Crippen LogP contribution is -2.41. The Morgan fingerprint density at radius 2 is 2.00 bits per heavy atom. The third-order valence-electron chi connectivity index (χ3n) is 4.04. The van der Waals surface area contributed by atoms with Gasteiger partial charge in [0.05, 0.1) is 0 Å². The number of ether oxygens (including phenoxy) is 1. The van der Waals surface area contributed by atoms with E-state index in [4.69, 9.17) is 4.74 Å². The molecule has 0 radical (unpaired) electrons. The summed E-state index contributed by atoms with van der Waals surface area (Å²) < 4.78 is 5.41. The van der Waals surface area contributed by atoms with Crippen LogP contribution in [0, 0.1) is 5.92 Å². The minimum atomic E-state index is 0.634. The van der Waals surface area contributed by atoms with Crippen molar-refractivity contribution < 1.29 is 4.74 Å². The van der Waals surface area contributed by atoms with Crippen molar-refractivity contribution in [3.63, 3.8) is 0 Å². The molecule has 0 saturated carbocycles. The number of nitrogens with zero attached hydrogens (tertiary/aromatic N) is 1. The van der Waals surface area contributed by atoms with Crippen LogP contribution in [-0.2, 0) is 4.74 Å². The van der Waals surface area contributed by atoms with Crippen molar-refractivity contribution in [2.45, 2.75) is 52.0 Å². The van der Waals surface area contributed by atoms with Gasteiger partial charge in [-0.3, -0.25) is 0 Å². The summed E-state index contributed by atoms with van der Waals surface area (Å²) in [6, 6.07) is 0.634. The largest absolute Gasteiger partial charge is 0.381 e. The highest BCUT2D eigenvalue weighted by molar-refractivity contribution is 4.72. The van der Waals surface area contributed by atoms with Crippen LogP contribution < -0.4 is 5.32 Å². The van der Waals surface area contributed by atoms with Crippen LogP contribution in [0.3, 0.4) is 0 Å². The molecule has 1 fully saturated rings. The van der Waals surface area contributed by atoms with Gasteiger partial charge in [0.1, 0.15) is 0 Å². The summed E-state index contributed by atoms with van der Waals surface area (Å²) in [5, 5.41) is 3.57. The number of rotatable bonds is 9. The molecule has 1 rings (SSSR count). The number of hydrogen-bond donors (Lipinski definition) is 1. The zero-order valence-electron chi connectivity index (χ0n) is 12.6. The average Bonchev–Trinajstić information content (AvgIpc) is 2.39. The van der Waals surface area contributed by atoms with Gasteiger partial charge in [0.25, 0.3) is 0 Å². The molecule has 1 N–H and O–H groups in total. The number of hydrogen-bond acceptors (Lipinski definition) is 3. The lowest BCUT2D eigenvalue weighted by atomic mass is 9.99. The second-order valence-corrected chi connectivity index (χ2v) is 5.76. The molecule has 1 aliphatic rings. The van der Waals surface area contributed by atoms with E-state index in [0.29, 0.717) is 6.04 Å². The molecule has 0 bridgehead atoms. The Bertz CT molecular complexity index is 193. The SMILES string of the molecule is CCCCCNCC(C)N(C)CC1CCOCC1. The molecule has 1 atom stereocenters. The molecule has 0 aliphatic carbocycles. The van der Waals surface area contributed by atoms with E-state index in [2.05, 4.69) is 31.1 Å². The number of likely N-dealkylation sites (N-methyl/N-ethyl adjacent to an activating group) is 1. The van der Waals surface area contributed by atoms with Crippen molar-refractivity contribution in [1.82, 2.24) is 10.2 Å². The van der Waals surface area contributed by atoms with E-state index < -0.39 is 0 Å². The first-order chi connectivity index (χ1) is 8.74. The summed E-state index contributed by atoms with van der Waals surface area (Å²) in [6.45, 7) is 10.0. The fourth-order valence-electron chi connectivity index (χ4n) is 2.48. The Kier molecular flexibility index (Phi) is 8.64. The highest BCUT2D eigenvalue weighted by Crippen LogP contribution is 2.16. The maximum Gasteiger partial charge on any atom is 0.0469 e. The topological polar surface area (TPSA) is 24.5 Å². The molecule has 0 amide bonds. The molecule has 1 unspecified atom stereocenters.